The molecule has 1 saturated carbocycles. The molecule has 2 N–H and O–H groups in total. The molecule has 0 bridgehead atoms. The van der Waals surface area contributed by atoms with Gasteiger partial charge in [0.2, 0.25) is 0 Å². The molecule has 1 aromatic heterocycles. The fraction of sp³-hybridized carbons (Fsp3) is 0.517. The lowest BCUT2D eigenvalue weighted by atomic mass is 9.80. The number of amides is 2. The zero-order valence-corrected chi connectivity index (χ0v) is 24.7. The molecule has 232 valence electrons. The second-order valence-electron chi connectivity index (χ2n) is 10.0. The SMILES string of the molecule is CC.CC(C)(Oc1ccc(Cl)cc1C(F)F)C(=O)NC(CC=Nc1ccc(C(=O)NCC(F)(F)F)cn1)CC1CCC1. The number of nitrogens with one attached hydrogen (secondary N) is 2. The average Bonchev–Trinajstić information content (AvgIpc) is 2.91. The first-order valence-corrected chi connectivity index (χ1v) is 14.0. The van der Waals surface area contributed by atoms with Gasteiger partial charge in [-0.1, -0.05) is 44.7 Å². The van der Waals surface area contributed by atoms with Crippen molar-refractivity contribution in [3.8, 4) is 5.75 Å². The number of aromatic nitrogens is 1. The molecule has 1 aliphatic rings. The Balaban J connectivity index is 0.00000301. The van der Waals surface area contributed by atoms with Gasteiger partial charge in [0.05, 0.1) is 11.1 Å². The predicted octanol–water partition coefficient (Wildman–Crippen LogP) is 7.62. The molecule has 1 aliphatic carbocycles. The highest BCUT2D eigenvalue weighted by Gasteiger charge is 2.34. The van der Waals surface area contributed by atoms with Gasteiger partial charge >= 0.3 is 6.18 Å². The molecular formula is C29H36ClF5N4O3. The lowest BCUT2D eigenvalue weighted by Gasteiger charge is -2.32. The first-order chi connectivity index (χ1) is 19.7. The maximum Gasteiger partial charge on any atom is 0.405 e. The van der Waals surface area contributed by atoms with Crippen molar-refractivity contribution < 1.29 is 36.3 Å². The van der Waals surface area contributed by atoms with Crippen LogP contribution in [0, 0.1) is 5.92 Å². The highest BCUT2D eigenvalue weighted by atomic mass is 35.5. The summed E-state index contributed by atoms with van der Waals surface area (Å²) in [6, 6.07) is 6.18. The molecule has 0 spiro atoms. The molecule has 1 aromatic carbocycles. The van der Waals surface area contributed by atoms with Gasteiger partial charge in [0.25, 0.3) is 18.2 Å². The average molecular weight is 619 g/mol. The topological polar surface area (TPSA) is 92.7 Å². The third-order valence-electron chi connectivity index (χ3n) is 6.37. The van der Waals surface area contributed by atoms with Crippen molar-refractivity contribution >= 4 is 35.4 Å². The van der Waals surface area contributed by atoms with Crippen molar-refractivity contribution in [1.82, 2.24) is 15.6 Å². The Kier molecular flexibility index (Phi) is 13.1. The van der Waals surface area contributed by atoms with E-state index in [0.717, 1.165) is 31.5 Å². The fourth-order valence-corrected chi connectivity index (χ4v) is 4.14. The number of alkyl halides is 5. The number of nitrogens with zero attached hydrogens (tertiary/aromatic N) is 2. The fourth-order valence-electron chi connectivity index (χ4n) is 3.96. The minimum atomic E-state index is -4.52. The molecule has 1 heterocycles. The summed E-state index contributed by atoms with van der Waals surface area (Å²) in [5, 5.41) is 4.83. The highest BCUT2D eigenvalue weighted by Crippen LogP contribution is 2.34. The number of carbonyl (C=O) groups excluding carboxylic acids is 2. The van der Waals surface area contributed by atoms with E-state index in [1.54, 1.807) is 11.5 Å². The van der Waals surface area contributed by atoms with Crippen LogP contribution in [-0.4, -0.2) is 47.4 Å². The Hall–Kier alpha value is -3.28. The molecule has 2 aromatic rings. The minimum absolute atomic E-state index is 0.0451. The number of ether oxygens (including phenoxy) is 1. The van der Waals surface area contributed by atoms with Crippen molar-refractivity contribution in [3.63, 3.8) is 0 Å². The van der Waals surface area contributed by atoms with E-state index in [2.05, 4.69) is 15.3 Å². The van der Waals surface area contributed by atoms with E-state index in [1.165, 1.54) is 38.1 Å². The Bertz CT molecular complexity index is 1200. The van der Waals surface area contributed by atoms with Crippen molar-refractivity contribution in [2.24, 2.45) is 10.9 Å². The van der Waals surface area contributed by atoms with E-state index in [4.69, 9.17) is 16.3 Å². The van der Waals surface area contributed by atoms with Crippen LogP contribution in [0.15, 0.2) is 41.5 Å². The van der Waals surface area contributed by atoms with E-state index in [1.807, 2.05) is 13.8 Å². The predicted molar refractivity (Wildman–Crippen MR) is 152 cm³/mol. The number of carbonyl (C=O) groups is 2. The van der Waals surface area contributed by atoms with Gasteiger partial charge in [0.1, 0.15) is 12.3 Å². The Morgan fingerprint density at radius 1 is 1.17 bits per heavy atom. The van der Waals surface area contributed by atoms with Crippen LogP contribution in [0.2, 0.25) is 5.02 Å². The van der Waals surface area contributed by atoms with E-state index >= 15 is 0 Å². The van der Waals surface area contributed by atoms with Crippen LogP contribution in [0.1, 0.15) is 82.1 Å². The van der Waals surface area contributed by atoms with Crippen LogP contribution in [0.5, 0.6) is 5.75 Å². The summed E-state index contributed by atoms with van der Waals surface area (Å²) in [6.45, 7) is 5.52. The first kappa shape index (κ1) is 34.9. The van der Waals surface area contributed by atoms with Crippen molar-refractivity contribution in [3.05, 3.63) is 52.7 Å². The molecule has 13 heteroatoms. The van der Waals surface area contributed by atoms with E-state index in [-0.39, 0.29) is 28.2 Å². The lowest BCUT2D eigenvalue weighted by molar-refractivity contribution is -0.135. The Labute approximate surface area is 247 Å². The van der Waals surface area contributed by atoms with E-state index < -0.39 is 42.1 Å². The Morgan fingerprint density at radius 2 is 1.86 bits per heavy atom. The summed E-state index contributed by atoms with van der Waals surface area (Å²) >= 11 is 5.83. The van der Waals surface area contributed by atoms with E-state index in [9.17, 15) is 31.5 Å². The summed E-state index contributed by atoms with van der Waals surface area (Å²) < 4.78 is 69.5. The van der Waals surface area contributed by atoms with Gasteiger partial charge in [0.15, 0.2) is 11.4 Å². The maximum absolute atomic E-state index is 13.5. The molecule has 3 rings (SSSR count). The monoisotopic (exact) mass is 618 g/mol. The summed E-state index contributed by atoms with van der Waals surface area (Å²) in [4.78, 5) is 33.2. The van der Waals surface area contributed by atoms with Gasteiger partial charge in [-0.3, -0.25) is 9.59 Å². The summed E-state index contributed by atoms with van der Waals surface area (Å²) in [5.74, 6) is -0.886. The molecule has 0 saturated heterocycles. The molecule has 42 heavy (non-hydrogen) atoms. The number of rotatable bonds is 12. The molecule has 1 fully saturated rings. The Morgan fingerprint density at radius 3 is 2.40 bits per heavy atom. The number of halogens is 6. The zero-order valence-electron chi connectivity index (χ0n) is 23.9. The molecule has 1 unspecified atom stereocenters. The summed E-state index contributed by atoms with van der Waals surface area (Å²) in [5.41, 5.74) is -1.93. The van der Waals surface area contributed by atoms with Crippen LogP contribution in [0.25, 0.3) is 0 Å². The van der Waals surface area contributed by atoms with Crippen molar-refractivity contribution in [2.75, 3.05) is 6.54 Å². The van der Waals surface area contributed by atoms with Crippen LogP contribution < -0.4 is 15.4 Å². The van der Waals surface area contributed by atoms with Crippen LogP contribution >= 0.6 is 11.6 Å². The zero-order chi connectivity index (χ0) is 31.5. The van der Waals surface area contributed by atoms with Crippen molar-refractivity contribution in [2.45, 2.75) is 84.0 Å². The summed E-state index contributed by atoms with van der Waals surface area (Å²) in [7, 11) is 0. The highest BCUT2D eigenvalue weighted by molar-refractivity contribution is 6.30. The second-order valence-corrected chi connectivity index (χ2v) is 10.5. The van der Waals surface area contributed by atoms with Gasteiger partial charge in [-0.15, -0.1) is 0 Å². The first-order valence-electron chi connectivity index (χ1n) is 13.6. The minimum Gasteiger partial charge on any atom is -0.478 e. The number of aliphatic imine (C=N–C) groups is 1. The third kappa shape index (κ3) is 11.2. The standard InChI is InChI=1S/C27H30ClF5N4O3.C2H6/c1-26(2,40-21-8-7-18(28)13-20(21)23(29)30)25(39)37-19(12-16-4-3-5-16)10-11-34-22-9-6-17(14-35-22)24(38)36-15-27(31,32)33;1-2/h6-9,11,13-14,16,19,23H,3-5,10,12,15H2,1-2H3,(H,36,38)(H,37,39);1-2H3. The number of hydrogen-bond donors (Lipinski definition) is 2. The number of hydrogen-bond acceptors (Lipinski definition) is 5. The lowest BCUT2D eigenvalue weighted by Crippen LogP contribution is -2.50. The van der Waals surface area contributed by atoms with Gasteiger partial charge in [-0.2, -0.15) is 13.2 Å². The molecule has 7 nitrogen and oxygen atoms in total. The molecule has 0 aliphatic heterocycles. The number of pyridine rings is 1. The van der Waals surface area contributed by atoms with Gasteiger partial charge in [-0.05, 0) is 56.5 Å². The maximum atomic E-state index is 13.5. The molecule has 1 atom stereocenters. The molecular weight excluding hydrogens is 583 g/mol. The van der Waals surface area contributed by atoms with Crippen LogP contribution in [0.3, 0.4) is 0 Å². The van der Waals surface area contributed by atoms with E-state index in [0.29, 0.717) is 18.8 Å². The van der Waals surface area contributed by atoms with Gasteiger partial charge in [-0.25, -0.2) is 18.8 Å². The van der Waals surface area contributed by atoms with Gasteiger partial charge < -0.3 is 15.4 Å². The van der Waals surface area contributed by atoms with Gasteiger partial charge in [0, 0.05) is 29.9 Å². The second kappa shape index (κ2) is 15.8. The quantitative estimate of drug-likeness (QED) is 0.189. The number of benzene rings is 1. The van der Waals surface area contributed by atoms with Crippen molar-refractivity contribution in [1.29, 1.82) is 0 Å². The van der Waals surface area contributed by atoms with Crippen LogP contribution in [-0.2, 0) is 4.79 Å². The third-order valence-corrected chi connectivity index (χ3v) is 6.60. The van der Waals surface area contributed by atoms with Crippen LogP contribution in [0.4, 0.5) is 27.8 Å². The molecule has 2 amide bonds. The molecule has 0 radical (unpaired) electrons. The summed E-state index contributed by atoms with van der Waals surface area (Å²) in [6.07, 6.45) is -0.505. The largest absolute Gasteiger partial charge is 0.478 e. The normalized spacial score (nSPS) is 14.5. The smallest absolute Gasteiger partial charge is 0.405 e.